The van der Waals surface area contributed by atoms with Crippen molar-refractivity contribution < 1.29 is 14.5 Å². The molecule has 1 aromatic rings. The van der Waals surface area contributed by atoms with Gasteiger partial charge in [-0.25, -0.2) is 0 Å². The van der Waals surface area contributed by atoms with Crippen LogP contribution in [-0.2, 0) is 10.2 Å². The van der Waals surface area contributed by atoms with E-state index >= 15 is 0 Å². The van der Waals surface area contributed by atoms with Gasteiger partial charge in [-0.1, -0.05) is 20.8 Å². The maximum atomic E-state index is 11.1. The summed E-state index contributed by atoms with van der Waals surface area (Å²) in [6.07, 6.45) is 0. The summed E-state index contributed by atoms with van der Waals surface area (Å²) in [6.45, 7) is 6.89. The summed E-state index contributed by atoms with van der Waals surface area (Å²) >= 11 is 3.25. The molecule has 0 aliphatic heterocycles. The van der Waals surface area contributed by atoms with Crippen molar-refractivity contribution >= 4 is 27.6 Å². The van der Waals surface area contributed by atoms with Crippen LogP contribution in [0.3, 0.4) is 0 Å². The summed E-state index contributed by atoms with van der Waals surface area (Å²) in [5.41, 5.74) is 0.150. The van der Waals surface area contributed by atoms with E-state index in [1.165, 1.54) is 13.0 Å². The number of nitrogens with zero attached hydrogens (tertiary/aromatic N) is 1. The molecule has 0 aliphatic carbocycles. The van der Waals surface area contributed by atoms with Crippen LogP contribution in [0.4, 0.5) is 5.69 Å². The van der Waals surface area contributed by atoms with Crippen LogP contribution in [0, 0.1) is 10.1 Å². The van der Waals surface area contributed by atoms with Gasteiger partial charge in [-0.15, -0.1) is 0 Å². The molecule has 0 aromatic heterocycles. The Bertz CT molecular complexity index is 506. The zero-order valence-corrected chi connectivity index (χ0v) is 12.2. The molecule has 0 bridgehead atoms. The Labute approximate surface area is 113 Å². The van der Waals surface area contributed by atoms with Crippen LogP contribution in [0.15, 0.2) is 16.6 Å². The van der Waals surface area contributed by atoms with Gasteiger partial charge in [-0.3, -0.25) is 14.9 Å². The Morgan fingerprint density at radius 1 is 1.39 bits per heavy atom. The minimum absolute atomic E-state index is 0.0537. The highest BCUT2D eigenvalue weighted by molar-refractivity contribution is 9.10. The number of esters is 1. The van der Waals surface area contributed by atoms with Crippen molar-refractivity contribution in [3.8, 4) is 5.75 Å². The molecule has 0 unspecified atom stereocenters. The first-order valence-electron chi connectivity index (χ1n) is 5.29. The van der Waals surface area contributed by atoms with Crippen LogP contribution in [-0.4, -0.2) is 10.9 Å². The summed E-state index contributed by atoms with van der Waals surface area (Å²) in [5, 5.41) is 11.1. The fourth-order valence-electron chi connectivity index (χ4n) is 1.53. The molecule has 98 valence electrons. The van der Waals surface area contributed by atoms with Crippen molar-refractivity contribution in [3.63, 3.8) is 0 Å². The van der Waals surface area contributed by atoms with Gasteiger partial charge < -0.3 is 4.74 Å². The number of hydrogen-bond acceptors (Lipinski definition) is 4. The Kier molecular flexibility index (Phi) is 4.11. The summed E-state index contributed by atoms with van der Waals surface area (Å²) in [7, 11) is 0. The third-order valence-electron chi connectivity index (χ3n) is 2.31. The lowest BCUT2D eigenvalue weighted by Gasteiger charge is -2.20. The molecule has 18 heavy (non-hydrogen) atoms. The van der Waals surface area contributed by atoms with Crippen molar-refractivity contribution in [2.24, 2.45) is 0 Å². The molecule has 0 aliphatic rings. The predicted octanol–water partition coefficient (Wildman–Crippen LogP) is 3.58. The lowest BCUT2D eigenvalue weighted by Crippen LogP contribution is -2.14. The van der Waals surface area contributed by atoms with E-state index in [0.29, 0.717) is 10.0 Å². The lowest BCUT2D eigenvalue weighted by atomic mass is 9.86. The maximum Gasteiger partial charge on any atom is 0.308 e. The van der Waals surface area contributed by atoms with Gasteiger partial charge in [0.05, 0.1) is 15.5 Å². The second-order valence-corrected chi connectivity index (χ2v) is 5.75. The second kappa shape index (κ2) is 5.06. The van der Waals surface area contributed by atoms with Gasteiger partial charge in [-0.2, -0.15) is 0 Å². The number of rotatable bonds is 2. The first kappa shape index (κ1) is 14.6. The van der Waals surface area contributed by atoms with Gasteiger partial charge >= 0.3 is 5.97 Å². The van der Waals surface area contributed by atoms with Crippen LogP contribution in [0.25, 0.3) is 0 Å². The van der Waals surface area contributed by atoms with E-state index in [2.05, 4.69) is 15.9 Å². The average Bonchev–Trinajstić information content (AvgIpc) is 2.17. The molecule has 1 aromatic carbocycles. The van der Waals surface area contributed by atoms with Gasteiger partial charge in [0.2, 0.25) is 0 Å². The first-order valence-corrected chi connectivity index (χ1v) is 6.09. The highest BCUT2D eigenvalue weighted by Gasteiger charge is 2.27. The summed E-state index contributed by atoms with van der Waals surface area (Å²) in [5.74, 6) is -0.365. The van der Waals surface area contributed by atoms with Crippen LogP contribution in [0.2, 0.25) is 0 Å². The number of benzene rings is 1. The molecule has 0 fully saturated rings. The van der Waals surface area contributed by atoms with Crippen molar-refractivity contribution in [2.75, 3.05) is 0 Å². The van der Waals surface area contributed by atoms with E-state index in [1.807, 2.05) is 20.8 Å². The van der Waals surface area contributed by atoms with Gasteiger partial charge in [0.15, 0.2) is 5.75 Å². The second-order valence-electron chi connectivity index (χ2n) is 4.90. The van der Waals surface area contributed by atoms with Crippen LogP contribution in [0.1, 0.15) is 33.3 Å². The predicted molar refractivity (Wildman–Crippen MR) is 70.8 cm³/mol. The van der Waals surface area contributed by atoms with E-state index in [-0.39, 0.29) is 16.9 Å². The number of carbonyl (C=O) groups is 1. The molecule has 6 heteroatoms. The van der Waals surface area contributed by atoms with Gasteiger partial charge in [-0.05, 0) is 27.4 Å². The van der Waals surface area contributed by atoms with E-state index < -0.39 is 10.9 Å². The summed E-state index contributed by atoms with van der Waals surface area (Å²) in [4.78, 5) is 21.5. The molecule has 1 rings (SSSR count). The number of halogens is 1. The zero-order chi connectivity index (χ0) is 14.1. The van der Waals surface area contributed by atoms with E-state index in [4.69, 9.17) is 4.74 Å². The number of nitro groups is 1. The molecule has 5 nitrogen and oxygen atoms in total. The molecule has 0 atom stereocenters. The van der Waals surface area contributed by atoms with Crippen molar-refractivity contribution in [1.29, 1.82) is 0 Å². The van der Waals surface area contributed by atoms with Gasteiger partial charge in [0, 0.05) is 12.5 Å². The highest BCUT2D eigenvalue weighted by atomic mass is 79.9. The smallest absolute Gasteiger partial charge is 0.308 e. The van der Waals surface area contributed by atoms with Crippen molar-refractivity contribution in [2.45, 2.75) is 33.1 Å². The molecule has 0 heterocycles. The highest BCUT2D eigenvalue weighted by Crippen LogP contribution is 2.38. The summed E-state index contributed by atoms with van der Waals surface area (Å²) < 4.78 is 5.43. The molecule has 0 amide bonds. The Hall–Kier alpha value is -1.43. The first-order chi connectivity index (χ1) is 8.12. The normalized spacial score (nSPS) is 11.2. The topological polar surface area (TPSA) is 69.4 Å². The molecule has 0 saturated carbocycles. The zero-order valence-electron chi connectivity index (χ0n) is 10.6. The van der Waals surface area contributed by atoms with Crippen LogP contribution >= 0.6 is 15.9 Å². The molecule has 0 spiro atoms. The standard InChI is InChI=1S/C12H14BrNO4/c1-7(15)18-11-6-10(14(16)17)8(5-9(11)13)12(2,3)4/h5-6H,1-4H3. The van der Waals surface area contributed by atoms with E-state index in [0.717, 1.165) is 0 Å². The Balaban J connectivity index is 3.44. The number of nitro benzene ring substituents is 1. The van der Waals surface area contributed by atoms with Crippen molar-refractivity contribution in [1.82, 2.24) is 0 Å². The third kappa shape index (κ3) is 3.29. The third-order valence-corrected chi connectivity index (χ3v) is 2.93. The molecular formula is C12H14BrNO4. The van der Waals surface area contributed by atoms with E-state index in [1.54, 1.807) is 6.07 Å². The van der Waals surface area contributed by atoms with Gasteiger partial charge in [0.25, 0.3) is 5.69 Å². The lowest BCUT2D eigenvalue weighted by molar-refractivity contribution is -0.386. The fourth-order valence-corrected chi connectivity index (χ4v) is 1.95. The molecule has 0 radical (unpaired) electrons. The van der Waals surface area contributed by atoms with Crippen LogP contribution in [0.5, 0.6) is 5.75 Å². The Morgan fingerprint density at radius 2 is 1.94 bits per heavy atom. The molecular weight excluding hydrogens is 302 g/mol. The Morgan fingerprint density at radius 3 is 2.33 bits per heavy atom. The largest absolute Gasteiger partial charge is 0.425 e. The maximum absolute atomic E-state index is 11.1. The SMILES string of the molecule is CC(=O)Oc1cc([N+](=O)[O-])c(C(C)(C)C)cc1Br. The number of hydrogen-bond donors (Lipinski definition) is 0. The number of carbonyl (C=O) groups excluding carboxylic acids is 1. The van der Waals surface area contributed by atoms with E-state index in [9.17, 15) is 14.9 Å². The molecule has 0 saturated heterocycles. The van der Waals surface area contributed by atoms with Crippen molar-refractivity contribution in [3.05, 3.63) is 32.3 Å². The minimum Gasteiger partial charge on any atom is -0.425 e. The minimum atomic E-state index is -0.520. The monoisotopic (exact) mass is 315 g/mol. The average molecular weight is 316 g/mol. The number of ether oxygens (including phenoxy) is 1. The fraction of sp³-hybridized carbons (Fsp3) is 0.417. The van der Waals surface area contributed by atoms with Gasteiger partial charge in [0.1, 0.15) is 0 Å². The quantitative estimate of drug-likeness (QED) is 0.362. The van der Waals surface area contributed by atoms with Crippen LogP contribution < -0.4 is 4.74 Å². The molecule has 0 N–H and O–H groups in total. The summed E-state index contributed by atoms with van der Waals surface area (Å²) in [6, 6.07) is 2.89.